The molecule has 2 amide bonds. The van der Waals surface area contributed by atoms with E-state index >= 15 is 0 Å². The van der Waals surface area contributed by atoms with E-state index in [2.05, 4.69) is 10.3 Å². The van der Waals surface area contributed by atoms with Crippen molar-refractivity contribution < 1.29 is 14.7 Å². The van der Waals surface area contributed by atoms with Crippen molar-refractivity contribution in [3.63, 3.8) is 0 Å². The number of rotatable bonds is 9. The van der Waals surface area contributed by atoms with Crippen molar-refractivity contribution in [3.05, 3.63) is 70.9 Å². The molecule has 0 spiro atoms. The zero-order valence-electron chi connectivity index (χ0n) is 18.5. The molecular formula is C24H29ClN4O3. The normalized spacial score (nSPS) is 13.2. The smallest absolute Gasteiger partial charge is 0.268 e. The molecule has 2 atom stereocenters. The molecule has 0 unspecified atom stereocenters. The quantitative estimate of drug-likeness (QED) is 0.461. The Labute approximate surface area is 193 Å². The van der Waals surface area contributed by atoms with E-state index in [0.29, 0.717) is 30.2 Å². The van der Waals surface area contributed by atoms with Gasteiger partial charge >= 0.3 is 0 Å². The number of aromatic amines is 1. The highest BCUT2D eigenvalue weighted by Gasteiger charge is 2.30. The van der Waals surface area contributed by atoms with Crippen LogP contribution in [0.15, 0.2) is 54.6 Å². The van der Waals surface area contributed by atoms with Crippen molar-refractivity contribution in [3.8, 4) is 0 Å². The van der Waals surface area contributed by atoms with E-state index < -0.39 is 24.0 Å². The summed E-state index contributed by atoms with van der Waals surface area (Å²) in [4.78, 5) is 32.4. The molecule has 0 fully saturated rings. The number of benzene rings is 2. The lowest BCUT2D eigenvalue weighted by molar-refractivity contribution is -0.140. The van der Waals surface area contributed by atoms with Gasteiger partial charge in [-0.3, -0.25) is 9.59 Å². The van der Waals surface area contributed by atoms with Gasteiger partial charge in [-0.15, -0.1) is 0 Å². The molecule has 1 aromatic heterocycles. The summed E-state index contributed by atoms with van der Waals surface area (Å²) in [7, 11) is 5.49. The summed E-state index contributed by atoms with van der Waals surface area (Å²) in [6, 6.07) is 15.7. The number of aromatic nitrogens is 1. The monoisotopic (exact) mass is 456 g/mol. The second kappa shape index (κ2) is 10.6. The third kappa shape index (κ3) is 6.09. The minimum absolute atomic E-state index is 0.313. The van der Waals surface area contributed by atoms with Crippen LogP contribution in [0.1, 0.15) is 16.1 Å². The van der Waals surface area contributed by atoms with Gasteiger partial charge in [0.15, 0.2) is 6.10 Å². The molecule has 0 aliphatic rings. The molecule has 3 rings (SSSR count). The van der Waals surface area contributed by atoms with Gasteiger partial charge in [-0.1, -0.05) is 41.9 Å². The van der Waals surface area contributed by atoms with Crippen LogP contribution in [0.4, 0.5) is 0 Å². The van der Waals surface area contributed by atoms with E-state index in [1.807, 2.05) is 49.3 Å². The van der Waals surface area contributed by atoms with Crippen molar-refractivity contribution in [2.45, 2.75) is 18.6 Å². The molecule has 0 aliphatic heterocycles. The minimum atomic E-state index is -1.38. The number of carbonyl (C=O) groups is 2. The number of nitrogens with one attached hydrogen (secondary N) is 2. The van der Waals surface area contributed by atoms with Gasteiger partial charge in [-0.05, 0) is 50.3 Å². The summed E-state index contributed by atoms with van der Waals surface area (Å²) in [6.45, 7) is 1.14. The van der Waals surface area contributed by atoms with Gasteiger partial charge in [-0.25, -0.2) is 0 Å². The summed E-state index contributed by atoms with van der Waals surface area (Å²) in [6.07, 6.45) is -1.07. The van der Waals surface area contributed by atoms with E-state index in [1.165, 1.54) is 4.90 Å². The fraction of sp³-hybridized carbons (Fsp3) is 0.333. The Bertz CT molecular complexity index is 1070. The predicted molar refractivity (Wildman–Crippen MR) is 127 cm³/mol. The Hall–Kier alpha value is -2.87. The number of carbonyl (C=O) groups excluding carboxylic acids is 2. The molecule has 0 bridgehead atoms. The first kappa shape index (κ1) is 23.8. The maximum Gasteiger partial charge on any atom is 0.268 e. The third-order valence-electron chi connectivity index (χ3n) is 5.34. The Morgan fingerprint density at radius 1 is 1.06 bits per heavy atom. The number of nitrogens with zero attached hydrogens (tertiary/aromatic N) is 2. The third-order valence-corrected chi connectivity index (χ3v) is 5.57. The zero-order valence-corrected chi connectivity index (χ0v) is 19.3. The molecule has 2 aromatic carbocycles. The van der Waals surface area contributed by atoms with Crippen LogP contribution >= 0.6 is 11.6 Å². The number of halogens is 1. The Kier molecular flexibility index (Phi) is 7.90. The Morgan fingerprint density at radius 3 is 2.47 bits per heavy atom. The van der Waals surface area contributed by atoms with E-state index in [-0.39, 0.29) is 0 Å². The van der Waals surface area contributed by atoms with Crippen LogP contribution in [-0.2, 0) is 11.2 Å². The molecule has 3 N–H and O–H groups in total. The fourth-order valence-corrected chi connectivity index (χ4v) is 3.62. The molecule has 7 nitrogen and oxygen atoms in total. The lowest BCUT2D eigenvalue weighted by Gasteiger charge is -2.28. The second-order valence-corrected chi connectivity index (χ2v) is 8.63. The summed E-state index contributed by atoms with van der Waals surface area (Å²) < 4.78 is 0. The molecule has 0 aliphatic carbocycles. The van der Waals surface area contributed by atoms with E-state index in [0.717, 1.165) is 16.5 Å². The number of hydrogen-bond acceptors (Lipinski definition) is 4. The summed E-state index contributed by atoms with van der Waals surface area (Å²) in [5.74, 6) is -0.836. The van der Waals surface area contributed by atoms with E-state index in [1.54, 1.807) is 31.3 Å². The van der Waals surface area contributed by atoms with Gasteiger partial charge in [0.2, 0.25) is 0 Å². The Balaban J connectivity index is 1.79. The van der Waals surface area contributed by atoms with Crippen molar-refractivity contribution in [2.75, 3.05) is 34.2 Å². The topological polar surface area (TPSA) is 88.7 Å². The first-order valence-electron chi connectivity index (χ1n) is 10.5. The van der Waals surface area contributed by atoms with Crippen molar-refractivity contribution in [1.82, 2.24) is 20.1 Å². The van der Waals surface area contributed by atoms with Gasteiger partial charge in [0.05, 0.1) is 6.04 Å². The maximum absolute atomic E-state index is 13.0. The molecule has 3 aromatic rings. The van der Waals surface area contributed by atoms with Crippen LogP contribution in [-0.4, -0.2) is 78.1 Å². The second-order valence-electron chi connectivity index (χ2n) is 8.19. The van der Waals surface area contributed by atoms with Gasteiger partial charge in [0.1, 0.15) is 5.69 Å². The lowest BCUT2D eigenvalue weighted by Crippen LogP contribution is -2.52. The van der Waals surface area contributed by atoms with Crippen LogP contribution in [0.3, 0.4) is 0 Å². The summed E-state index contributed by atoms with van der Waals surface area (Å²) in [5, 5.41) is 15.1. The largest absolute Gasteiger partial charge is 0.381 e. The number of amides is 2. The van der Waals surface area contributed by atoms with Crippen LogP contribution < -0.4 is 5.32 Å². The average Bonchev–Trinajstić information content (AvgIpc) is 3.20. The van der Waals surface area contributed by atoms with Crippen LogP contribution in [0.25, 0.3) is 10.9 Å². The zero-order chi connectivity index (χ0) is 23.3. The average molecular weight is 457 g/mol. The van der Waals surface area contributed by atoms with Crippen molar-refractivity contribution >= 4 is 34.3 Å². The number of aliphatic hydroxyl groups is 1. The first-order chi connectivity index (χ1) is 15.2. The molecule has 1 heterocycles. The maximum atomic E-state index is 13.0. The molecule has 0 saturated heterocycles. The molecule has 0 radical (unpaired) electrons. The van der Waals surface area contributed by atoms with E-state index in [9.17, 15) is 14.7 Å². The summed E-state index contributed by atoms with van der Waals surface area (Å²) in [5.41, 5.74) is 2.02. The summed E-state index contributed by atoms with van der Waals surface area (Å²) >= 11 is 6.04. The lowest BCUT2D eigenvalue weighted by atomic mass is 10.00. The van der Waals surface area contributed by atoms with Crippen molar-refractivity contribution in [1.29, 1.82) is 0 Å². The number of H-pyrrole nitrogens is 1. The van der Waals surface area contributed by atoms with Gasteiger partial charge in [-0.2, -0.15) is 0 Å². The number of fused-ring (bicyclic) bond motifs is 1. The van der Waals surface area contributed by atoms with Gasteiger partial charge < -0.3 is 25.2 Å². The highest BCUT2D eigenvalue weighted by molar-refractivity contribution is 6.31. The molecular weight excluding hydrogens is 428 g/mol. The van der Waals surface area contributed by atoms with Crippen LogP contribution in [0, 0.1) is 0 Å². The standard InChI is InChI=1S/C24H29ClN4O3/c1-28(2)11-12-29(3)24(32)22(30)20(13-16-7-5-4-6-8-16)27-23(31)21-15-17-14-18(25)9-10-19(17)26-21/h4-10,14-15,20,22,26,30H,11-13H2,1-3H3,(H,27,31)/t20-,22+/m0/s1. The molecule has 8 heteroatoms. The minimum Gasteiger partial charge on any atom is -0.381 e. The highest BCUT2D eigenvalue weighted by Crippen LogP contribution is 2.20. The van der Waals surface area contributed by atoms with Gasteiger partial charge in [0.25, 0.3) is 11.8 Å². The fourth-order valence-electron chi connectivity index (χ4n) is 3.44. The first-order valence-corrected chi connectivity index (χ1v) is 10.8. The van der Waals surface area contributed by atoms with Gasteiger partial charge in [0, 0.05) is 36.1 Å². The number of hydrogen-bond donors (Lipinski definition) is 3. The van der Waals surface area contributed by atoms with E-state index in [4.69, 9.17) is 11.6 Å². The number of aliphatic hydroxyl groups excluding tert-OH is 1. The Morgan fingerprint density at radius 2 is 1.78 bits per heavy atom. The SMILES string of the molecule is CN(C)CCN(C)C(=O)[C@H](O)[C@H](Cc1ccccc1)NC(=O)c1cc2cc(Cl)ccc2[nH]1. The van der Waals surface area contributed by atoms with Crippen LogP contribution in [0.5, 0.6) is 0 Å². The number of likely N-dealkylation sites (N-methyl/N-ethyl adjacent to an activating group) is 2. The van der Waals surface area contributed by atoms with Crippen molar-refractivity contribution in [2.24, 2.45) is 0 Å². The highest BCUT2D eigenvalue weighted by atomic mass is 35.5. The van der Waals surface area contributed by atoms with Crippen LogP contribution in [0.2, 0.25) is 5.02 Å². The molecule has 0 saturated carbocycles. The predicted octanol–water partition coefficient (Wildman–Crippen LogP) is 2.54. The molecule has 32 heavy (non-hydrogen) atoms. The molecule has 170 valence electrons.